The molecule has 5 nitrogen and oxygen atoms in total. The normalized spacial score (nSPS) is 12.4. The standard InChI is InChI=1S/C26H24F3NO4/c1-30(17-24(31)32)14-13-23(18-7-3-2-4-8-18)34-22-12-6-10-20(16-22)25(33)19-9-5-11-21(15-19)26(27,28)29/h2-12,15-16,23H,13-14,17H2,1H3,(H,31,32). The van der Waals surface area contributed by atoms with Gasteiger partial charge in [0.1, 0.15) is 11.9 Å². The molecule has 0 fully saturated rings. The quantitative estimate of drug-likeness (QED) is 0.398. The molecule has 0 saturated carbocycles. The van der Waals surface area contributed by atoms with E-state index in [1.165, 1.54) is 24.3 Å². The topological polar surface area (TPSA) is 66.8 Å². The molecule has 1 atom stereocenters. The van der Waals surface area contributed by atoms with Crippen molar-refractivity contribution in [2.75, 3.05) is 20.1 Å². The summed E-state index contributed by atoms with van der Waals surface area (Å²) in [5, 5.41) is 8.97. The minimum Gasteiger partial charge on any atom is -0.486 e. The third kappa shape index (κ3) is 6.92. The fourth-order valence-electron chi connectivity index (χ4n) is 3.49. The van der Waals surface area contributed by atoms with Gasteiger partial charge in [0, 0.05) is 24.1 Å². The van der Waals surface area contributed by atoms with Gasteiger partial charge in [-0.2, -0.15) is 13.2 Å². The van der Waals surface area contributed by atoms with Gasteiger partial charge in [-0.25, -0.2) is 0 Å². The van der Waals surface area contributed by atoms with Crippen molar-refractivity contribution in [1.82, 2.24) is 4.90 Å². The average molecular weight is 471 g/mol. The van der Waals surface area contributed by atoms with Crippen LogP contribution in [0.25, 0.3) is 0 Å². The van der Waals surface area contributed by atoms with E-state index >= 15 is 0 Å². The van der Waals surface area contributed by atoms with Crippen LogP contribution < -0.4 is 4.74 Å². The Labute approximate surface area is 195 Å². The third-order valence-corrected chi connectivity index (χ3v) is 5.18. The molecule has 1 unspecified atom stereocenters. The number of carboxylic acids is 1. The van der Waals surface area contributed by atoms with E-state index in [1.807, 2.05) is 30.3 Å². The predicted octanol–water partition coefficient (Wildman–Crippen LogP) is 5.46. The molecule has 0 radical (unpaired) electrons. The first-order valence-corrected chi connectivity index (χ1v) is 10.6. The molecule has 0 heterocycles. The highest BCUT2D eigenvalue weighted by Gasteiger charge is 2.31. The van der Waals surface area contributed by atoms with Gasteiger partial charge >= 0.3 is 12.1 Å². The van der Waals surface area contributed by atoms with Crippen LogP contribution in [-0.4, -0.2) is 41.9 Å². The predicted molar refractivity (Wildman–Crippen MR) is 121 cm³/mol. The van der Waals surface area contributed by atoms with Gasteiger partial charge in [-0.05, 0) is 36.9 Å². The zero-order valence-corrected chi connectivity index (χ0v) is 18.5. The summed E-state index contributed by atoms with van der Waals surface area (Å²) in [5.41, 5.74) is 0.120. The minimum atomic E-state index is -4.54. The smallest absolute Gasteiger partial charge is 0.416 e. The lowest BCUT2D eigenvalue weighted by Crippen LogP contribution is -2.28. The van der Waals surface area contributed by atoms with Gasteiger partial charge in [-0.15, -0.1) is 0 Å². The number of ether oxygens (including phenoxy) is 1. The van der Waals surface area contributed by atoms with Crippen LogP contribution >= 0.6 is 0 Å². The molecule has 0 bridgehead atoms. The maximum Gasteiger partial charge on any atom is 0.416 e. The molecule has 1 N–H and O–H groups in total. The zero-order chi connectivity index (χ0) is 24.7. The summed E-state index contributed by atoms with van der Waals surface area (Å²) < 4.78 is 45.3. The van der Waals surface area contributed by atoms with Gasteiger partial charge in [-0.3, -0.25) is 14.5 Å². The van der Waals surface area contributed by atoms with Crippen LogP contribution in [0.3, 0.4) is 0 Å². The molecule has 0 aliphatic rings. The van der Waals surface area contributed by atoms with Crippen LogP contribution in [0, 0.1) is 0 Å². The minimum absolute atomic E-state index is 0.0677. The van der Waals surface area contributed by atoms with E-state index < -0.39 is 29.6 Å². The fraction of sp³-hybridized carbons (Fsp3) is 0.231. The van der Waals surface area contributed by atoms with Gasteiger partial charge in [0.25, 0.3) is 0 Å². The summed E-state index contributed by atoms with van der Waals surface area (Å²) in [5.74, 6) is -1.10. The highest BCUT2D eigenvalue weighted by atomic mass is 19.4. The Morgan fingerprint density at radius 1 is 0.941 bits per heavy atom. The number of ketones is 1. The second-order valence-corrected chi connectivity index (χ2v) is 7.87. The Morgan fingerprint density at radius 3 is 2.24 bits per heavy atom. The van der Waals surface area contributed by atoms with Gasteiger partial charge in [0.2, 0.25) is 0 Å². The van der Waals surface area contributed by atoms with Crippen LogP contribution in [0.15, 0.2) is 78.9 Å². The summed E-state index contributed by atoms with van der Waals surface area (Å²) in [6.07, 6.45) is -4.48. The molecule has 0 amide bonds. The van der Waals surface area contributed by atoms with E-state index in [4.69, 9.17) is 9.84 Å². The summed E-state index contributed by atoms with van der Waals surface area (Å²) in [7, 11) is 1.70. The third-order valence-electron chi connectivity index (χ3n) is 5.18. The van der Waals surface area contributed by atoms with Crippen LogP contribution in [0.1, 0.15) is 39.6 Å². The number of carbonyl (C=O) groups is 2. The Kier molecular flexibility index (Phi) is 8.07. The first kappa shape index (κ1) is 25.0. The fourth-order valence-corrected chi connectivity index (χ4v) is 3.49. The molecule has 8 heteroatoms. The van der Waals surface area contributed by atoms with Gasteiger partial charge < -0.3 is 9.84 Å². The molecule has 0 aliphatic heterocycles. The van der Waals surface area contributed by atoms with Crippen molar-refractivity contribution in [2.45, 2.75) is 18.7 Å². The van der Waals surface area contributed by atoms with Crippen molar-refractivity contribution >= 4 is 11.8 Å². The highest BCUT2D eigenvalue weighted by molar-refractivity contribution is 6.09. The molecule has 178 valence electrons. The lowest BCUT2D eigenvalue weighted by molar-refractivity contribution is -0.138. The number of likely N-dealkylation sites (N-methyl/N-ethyl adjacent to an activating group) is 1. The van der Waals surface area contributed by atoms with E-state index in [2.05, 4.69) is 0 Å². The maximum atomic E-state index is 13.0. The van der Waals surface area contributed by atoms with Crippen molar-refractivity contribution < 1.29 is 32.6 Å². The van der Waals surface area contributed by atoms with Gasteiger partial charge in [0.15, 0.2) is 5.78 Å². The number of aliphatic carboxylic acids is 1. The number of hydrogen-bond donors (Lipinski definition) is 1. The number of hydrogen-bond acceptors (Lipinski definition) is 4. The first-order chi connectivity index (χ1) is 16.1. The number of benzene rings is 3. The molecule has 34 heavy (non-hydrogen) atoms. The van der Waals surface area contributed by atoms with E-state index in [0.717, 1.165) is 17.7 Å². The Balaban J connectivity index is 1.81. The summed E-state index contributed by atoms with van der Waals surface area (Å²) >= 11 is 0. The number of rotatable bonds is 10. The summed E-state index contributed by atoms with van der Waals surface area (Å²) in [4.78, 5) is 25.5. The number of carboxylic acid groups (broad SMARTS) is 1. The highest BCUT2D eigenvalue weighted by Crippen LogP contribution is 2.31. The van der Waals surface area contributed by atoms with E-state index in [-0.39, 0.29) is 17.7 Å². The molecule has 0 saturated heterocycles. The Bertz CT molecular complexity index is 1130. The Hall–Kier alpha value is -3.65. The number of carbonyl (C=O) groups excluding carboxylic acids is 1. The zero-order valence-electron chi connectivity index (χ0n) is 18.5. The second kappa shape index (κ2) is 11.0. The van der Waals surface area contributed by atoms with Gasteiger partial charge in [-0.1, -0.05) is 54.6 Å². The van der Waals surface area contributed by atoms with E-state index in [1.54, 1.807) is 24.1 Å². The van der Waals surface area contributed by atoms with E-state index in [9.17, 15) is 22.8 Å². The average Bonchev–Trinajstić information content (AvgIpc) is 2.81. The maximum absolute atomic E-state index is 13.0. The number of halogens is 3. The van der Waals surface area contributed by atoms with Crippen molar-refractivity contribution in [3.05, 3.63) is 101 Å². The molecule has 3 aromatic rings. The van der Waals surface area contributed by atoms with Crippen LogP contribution in [0.4, 0.5) is 13.2 Å². The molecule has 3 aromatic carbocycles. The van der Waals surface area contributed by atoms with Crippen molar-refractivity contribution in [3.63, 3.8) is 0 Å². The molecule has 3 rings (SSSR count). The number of alkyl halides is 3. The van der Waals surface area contributed by atoms with E-state index in [0.29, 0.717) is 18.7 Å². The van der Waals surface area contributed by atoms with Gasteiger partial charge in [0.05, 0.1) is 12.1 Å². The second-order valence-electron chi connectivity index (χ2n) is 7.87. The van der Waals surface area contributed by atoms with Crippen molar-refractivity contribution in [2.24, 2.45) is 0 Å². The van der Waals surface area contributed by atoms with Crippen LogP contribution in [-0.2, 0) is 11.0 Å². The molecular weight excluding hydrogens is 447 g/mol. The summed E-state index contributed by atoms with van der Waals surface area (Å²) in [6, 6.07) is 20.0. The van der Waals surface area contributed by atoms with Crippen LogP contribution in [0.2, 0.25) is 0 Å². The molecule has 0 spiro atoms. The summed E-state index contributed by atoms with van der Waals surface area (Å²) in [6.45, 7) is 0.344. The first-order valence-electron chi connectivity index (χ1n) is 10.6. The van der Waals surface area contributed by atoms with Crippen LogP contribution in [0.5, 0.6) is 5.75 Å². The lowest BCUT2D eigenvalue weighted by atomic mass is 10.0. The molecule has 0 aromatic heterocycles. The van der Waals surface area contributed by atoms with Crippen molar-refractivity contribution in [1.29, 1.82) is 0 Å². The number of nitrogens with zero attached hydrogens (tertiary/aromatic N) is 1. The SMILES string of the molecule is CN(CCC(Oc1cccc(C(=O)c2cccc(C(F)(F)F)c2)c1)c1ccccc1)CC(=O)O. The van der Waals surface area contributed by atoms with Crippen molar-refractivity contribution in [3.8, 4) is 5.75 Å². The lowest BCUT2D eigenvalue weighted by Gasteiger charge is -2.23. The monoisotopic (exact) mass is 471 g/mol. The molecular formula is C26H24F3NO4. The largest absolute Gasteiger partial charge is 0.486 e. The molecule has 0 aliphatic carbocycles. The Morgan fingerprint density at radius 2 is 1.59 bits per heavy atom.